The van der Waals surface area contributed by atoms with Crippen molar-refractivity contribution in [2.45, 2.75) is 13.0 Å². The maximum Gasteiger partial charge on any atom is 0.300 e. The predicted molar refractivity (Wildman–Crippen MR) is 114 cm³/mol. The summed E-state index contributed by atoms with van der Waals surface area (Å²) in [6.07, 6.45) is 0. The van der Waals surface area contributed by atoms with Crippen LogP contribution in [0, 0.1) is 18.6 Å². The second kappa shape index (κ2) is 7.96. The van der Waals surface area contributed by atoms with Gasteiger partial charge >= 0.3 is 0 Å². The maximum atomic E-state index is 13.7. The summed E-state index contributed by atoms with van der Waals surface area (Å²) < 4.78 is 27.2. The van der Waals surface area contributed by atoms with Gasteiger partial charge < -0.3 is 5.11 Å². The fourth-order valence-electron chi connectivity index (χ4n) is 3.63. The number of ketones is 1. The fourth-order valence-corrected chi connectivity index (χ4v) is 3.82. The molecule has 1 atom stereocenters. The van der Waals surface area contributed by atoms with Crippen LogP contribution in [0.2, 0.25) is 5.02 Å². The molecule has 3 aromatic rings. The quantitative estimate of drug-likeness (QED) is 0.330. The third-order valence-electron chi connectivity index (χ3n) is 5.15. The number of anilines is 1. The van der Waals surface area contributed by atoms with Crippen LogP contribution in [0.3, 0.4) is 0 Å². The number of hydrogen-bond acceptors (Lipinski definition) is 3. The van der Waals surface area contributed by atoms with Crippen LogP contribution in [0.15, 0.2) is 72.3 Å². The molecule has 0 aliphatic carbocycles. The number of aryl methyl sites for hydroxylation is 1. The van der Waals surface area contributed by atoms with Gasteiger partial charge in [-0.25, -0.2) is 8.78 Å². The van der Waals surface area contributed by atoms with E-state index in [-0.39, 0.29) is 16.7 Å². The molecule has 1 aliphatic heterocycles. The predicted octanol–water partition coefficient (Wildman–Crippen LogP) is 5.55. The van der Waals surface area contributed by atoms with Gasteiger partial charge in [0, 0.05) is 16.3 Å². The Morgan fingerprint density at radius 3 is 2.35 bits per heavy atom. The summed E-state index contributed by atoms with van der Waals surface area (Å²) in [4.78, 5) is 27.2. The number of carbonyl (C=O) groups excluding carboxylic acids is 2. The number of hydrogen-bond donors (Lipinski definition) is 1. The van der Waals surface area contributed by atoms with Gasteiger partial charge in [0.2, 0.25) is 0 Å². The zero-order valence-corrected chi connectivity index (χ0v) is 17.0. The molecule has 7 heteroatoms. The first-order chi connectivity index (χ1) is 14.8. The molecule has 1 fully saturated rings. The van der Waals surface area contributed by atoms with Gasteiger partial charge in [-0.2, -0.15) is 0 Å². The normalized spacial score (nSPS) is 17.9. The van der Waals surface area contributed by atoms with Crippen molar-refractivity contribution in [3.05, 3.63) is 106 Å². The van der Waals surface area contributed by atoms with Crippen molar-refractivity contribution in [1.82, 2.24) is 0 Å². The van der Waals surface area contributed by atoms with Crippen molar-refractivity contribution in [3.63, 3.8) is 0 Å². The van der Waals surface area contributed by atoms with Gasteiger partial charge in [-0.15, -0.1) is 0 Å². The van der Waals surface area contributed by atoms with Crippen molar-refractivity contribution >= 4 is 34.7 Å². The molecule has 0 aromatic heterocycles. The number of rotatable bonds is 3. The van der Waals surface area contributed by atoms with Crippen molar-refractivity contribution in [1.29, 1.82) is 0 Å². The average molecular weight is 440 g/mol. The first kappa shape index (κ1) is 20.8. The second-order valence-electron chi connectivity index (χ2n) is 7.16. The lowest BCUT2D eigenvalue weighted by Gasteiger charge is -2.25. The molecule has 4 nitrogen and oxygen atoms in total. The molecule has 4 rings (SSSR count). The number of amides is 1. The highest BCUT2D eigenvalue weighted by molar-refractivity contribution is 6.51. The molecule has 1 aliphatic rings. The van der Waals surface area contributed by atoms with Crippen molar-refractivity contribution in [3.8, 4) is 0 Å². The molecule has 0 radical (unpaired) electrons. The van der Waals surface area contributed by atoms with Crippen molar-refractivity contribution < 1.29 is 23.5 Å². The molecular formula is C24H16ClF2NO3. The minimum atomic E-state index is -1.02. The SMILES string of the molecule is Cc1cc(/C(O)=C2\C(=O)C(=O)N(c3cccc(Cl)c3)C2c2ccc(F)cc2)ccc1F. The molecule has 1 saturated heterocycles. The Morgan fingerprint density at radius 1 is 1.00 bits per heavy atom. The van der Waals surface area contributed by atoms with Crippen LogP contribution in [-0.2, 0) is 9.59 Å². The largest absolute Gasteiger partial charge is 0.507 e. The van der Waals surface area contributed by atoms with Crippen LogP contribution in [0.1, 0.15) is 22.7 Å². The molecule has 1 N–H and O–H groups in total. The van der Waals surface area contributed by atoms with Crippen LogP contribution >= 0.6 is 11.6 Å². The number of carbonyl (C=O) groups is 2. The highest BCUT2D eigenvalue weighted by atomic mass is 35.5. The lowest BCUT2D eigenvalue weighted by atomic mass is 9.94. The van der Waals surface area contributed by atoms with Gasteiger partial charge in [0.05, 0.1) is 11.6 Å². The molecule has 0 spiro atoms. The smallest absolute Gasteiger partial charge is 0.300 e. The minimum Gasteiger partial charge on any atom is -0.507 e. The topological polar surface area (TPSA) is 57.6 Å². The molecule has 156 valence electrons. The second-order valence-corrected chi connectivity index (χ2v) is 7.60. The van der Waals surface area contributed by atoms with E-state index >= 15 is 0 Å². The molecule has 0 saturated carbocycles. The van der Waals surface area contributed by atoms with E-state index in [1.807, 2.05) is 0 Å². The average Bonchev–Trinajstić information content (AvgIpc) is 3.01. The molecule has 1 amide bonds. The number of aliphatic hydroxyl groups excluding tert-OH is 1. The molecular weight excluding hydrogens is 424 g/mol. The van der Waals surface area contributed by atoms with Gasteiger partial charge in [-0.1, -0.05) is 29.8 Å². The monoisotopic (exact) mass is 439 g/mol. The Balaban J connectivity index is 1.96. The summed E-state index contributed by atoms with van der Waals surface area (Å²) in [6.45, 7) is 1.52. The third kappa shape index (κ3) is 3.70. The Kier molecular flexibility index (Phi) is 5.33. The maximum absolute atomic E-state index is 13.7. The summed E-state index contributed by atoms with van der Waals surface area (Å²) in [6, 6.07) is 14.5. The van der Waals surface area contributed by atoms with Crippen LogP contribution < -0.4 is 4.90 Å². The zero-order valence-electron chi connectivity index (χ0n) is 16.3. The van der Waals surface area contributed by atoms with Crippen molar-refractivity contribution in [2.24, 2.45) is 0 Å². The van der Waals surface area contributed by atoms with E-state index < -0.39 is 35.1 Å². The van der Waals surface area contributed by atoms with Crippen LogP contribution in [0.4, 0.5) is 14.5 Å². The van der Waals surface area contributed by atoms with Gasteiger partial charge in [0.25, 0.3) is 11.7 Å². The zero-order chi connectivity index (χ0) is 22.3. The highest BCUT2D eigenvalue weighted by Crippen LogP contribution is 2.42. The van der Waals surface area contributed by atoms with Gasteiger partial charge in [-0.3, -0.25) is 14.5 Å². The number of benzene rings is 3. The van der Waals surface area contributed by atoms with Gasteiger partial charge in [0.1, 0.15) is 17.4 Å². The van der Waals surface area contributed by atoms with Crippen LogP contribution in [-0.4, -0.2) is 16.8 Å². The lowest BCUT2D eigenvalue weighted by Crippen LogP contribution is -2.29. The van der Waals surface area contributed by atoms with Gasteiger partial charge in [-0.05, 0) is 66.6 Å². The third-order valence-corrected chi connectivity index (χ3v) is 5.38. The fraction of sp³-hybridized carbons (Fsp3) is 0.0833. The Hall–Kier alpha value is -3.51. The van der Waals surface area contributed by atoms with Crippen LogP contribution in [0.25, 0.3) is 5.76 Å². The number of halogens is 3. The number of aliphatic hydroxyl groups is 1. The van der Waals surface area contributed by atoms with Gasteiger partial charge in [0.15, 0.2) is 0 Å². The summed E-state index contributed by atoms with van der Waals surface area (Å²) in [5.74, 6) is -3.17. The first-order valence-electron chi connectivity index (χ1n) is 9.36. The molecule has 0 bridgehead atoms. The lowest BCUT2D eigenvalue weighted by molar-refractivity contribution is -0.132. The van der Waals surface area contributed by atoms with Crippen molar-refractivity contribution in [2.75, 3.05) is 4.90 Å². The Morgan fingerprint density at radius 2 is 1.71 bits per heavy atom. The number of Topliss-reactive ketones (excluding diaryl/α,β-unsaturated/α-hetero) is 1. The number of nitrogens with zero attached hydrogens (tertiary/aromatic N) is 1. The van der Waals surface area contributed by atoms with E-state index in [2.05, 4.69) is 0 Å². The van der Waals surface area contributed by atoms with E-state index in [9.17, 15) is 23.5 Å². The standard InChI is InChI=1S/C24H16ClF2NO3/c1-13-11-15(7-10-19(13)27)22(29)20-21(14-5-8-17(26)9-6-14)28(24(31)23(20)30)18-4-2-3-16(25)12-18/h2-12,21,29H,1H3/b22-20+. The summed E-state index contributed by atoms with van der Waals surface area (Å²) in [7, 11) is 0. The first-order valence-corrected chi connectivity index (χ1v) is 9.74. The van der Waals surface area contributed by atoms with E-state index in [0.29, 0.717) is 16.3 Å². The van der Waals surface area contributed by atoms with E-state index in [0.717, 1.165) is 0 Å². The summed E-state index contributed by atoms with van der Waals surface area (Å²) in [5, 5.41) is 11.3. The highest BCUT2D eigenvalue weighted by Gasteiger charge is 2.47. The minimum absolute atomic E-state index is 0.178. The summed E-state index contributed by atoms with van der Waals surface area (Å²) >= 11 is 6.08. The Bertz CT molecular complexity index is 1240. The van der Waals surface area contributed by atoms with E-state index in [1.165, 1.54) is 60.4 Å². The Labute approximate surface area is 182 Å². The molecule has 3 aromatic carbocycles. The summed E-state index contributed by atoms with van der Waals surface area (Å²) in [5.41, 5.74) is 1.04. The molecule has 1 heterocycles. The molecule has 31 heavy (non-hydrogen) atoms. The van der Waals surface area contributed by atoms with Crippen LogP contribution in [0.5, 0.6) is 0 Å². The van der Waals surface area contributed by atoms with E-state index in [4.69, 9.17) is 11.6 Å². The van der Waals surface area contributed by atoms with E-state index in [1.54, 1.807) is 18.2 Å². The molecule has 1 unspecified atom stereocenters.